The van der Waals surface area contributed by atoms with Gasteiger partial charge in [0.1, 0.15) is 5.82 Å². The van der Waals surface area contributed by atoms with E-state index in [1.807, 2.05) is 6.92 Å². The first-order valence-corrected chi connectivity index (χ1v) is 6.71. The van der Waals surface area contributed by atoms with Gasteiger partial charge in [0.2, 0.25) is 5.95 Å². The summed E-state index contributed by atoms with van der Waals surface area (Å²) in [7, 11) is 0. The van der Waals surface area contributed by atoms with Crippen LogP contribution in [0.25, 0.3) is 11.1 Å². The summed E-state index contributed by atoms with van der Waals surface area (Å²) in [6, 6.07) is 4.25. The van der Waals surface area contributed by atoms with E-state index >= 15 is 0 Å². The number of halogens is 2. The maximum atomic E-state index is 12.8. The molecule has 0 aliphatic carbocycles. The highest BCUT2D eigenvalue weighted by Gasteiger charge is 2.08. The molecule has 0 bridgehead atoms. The Morgan fingerprint density at radius 2 is 2.15 bits per heavy atom. The van der Waals surface area contributed by atoms with Crippen LogP contribution in [0.1, 0.15) is 6.92 Å². The fourth-order valence-electron chi connectivity index (χ4n) is 1.58. The van der Waals surface area contributed by atoms with Crippen molar-refractivity contribution >= 4 is 27.8 Å². The monoisotopic (exact) mass is 338 g/mol. The van der Waals surface area contributed by atoms with E-state index in [4.69, 9.17) is 0 Å². The SMILES string of the molecule is CCNC(=O)Nc1cc(-c2ccc(F)nc2)c(Br)cn1. The molecule has 2 heterocycles. The Morgan fingerprint density at radius 1 is 1.35 bits per heavy atom. The highest BCUT2D eigenvalue weighted by Crippen LogP contribution is 2.29. The number of aromatic nitrogens is 2. The predicted molar refractivity (Wildman–Crippen MR) is 77.8 cm³/mol. The number of carbonyl (C=O) groups is 1. The van der Waals surface area contributed by atoms with Crippen LogP contribution in [0.2, 0.25) is 0 Å². The first-order valence-electron chi connectivity index (χ1n) is 5.92. The lowest BCUT2D eigenvalue weighted by Crippen LogP contribution is -2.28. The second-order valence-corrected chi connectivity index (χ2v) is 4.76. The molecule has 2 amide bonds. The van der Waals surface area contributed by atoms with Gasteiger partial charge < -0.3 is 5.32 Å². The molecule has 0 fully saturated rings. The quantitative estimate of drug-likeness (QED) is 0.844. The zero-order valence-corrected chi connectivity index (χ0v) is 12.2. The molecule has 2 rings (SSSR count). The molecule has 7 heteroatoms. The van der Waals surface area contributed by atoms with E-state index in [0.717, 1.165) is 15.6 Å². The fourth-order valence-corrected chi connectivity index (χ4v) is 2.03. The lowest BCUT2D eigenvalue weighted by molar-refractivity contribution is 0.252. The number of hydrogen-bond donors (Lipinski definition) is 2. The molecule has 0 aromatic carbocycles. The Balaban J connectivity index is 2.29. The minimum Gasteiger partial charge on any atom is -0.338 e. The van der Waals surface area contributed by atoms with E-state index < -0.39 is 5.95 Å². The molecule has 2 aromatic heterocycles. The van der Waals surface area contributed by atoms with E-state index in [1.165, 1.54) is 12.3 Å². The zero-order chi connectivity index (χ0) is 14.5. The van der Waals surface area contributed by atoms with Gasteiger partial charge in [0.05, 0.1) is 0 Å². The molecule has 0 aliphatic heterocycles. The Kier molecular flexibility index (Phi) is 4.62. The molecule has 0 radical (unpaired) electrons. The smallest absolute Gasteiger partial charge is 0.320 e. The summed E-state index contributed by atoms with van der Waals surface area (Å²) < 4.78 is 13.6. The molecule has 0 saturated heterocycles. The number of hydrogen-bond acceptors (Lipinski definition) is 3. The van der Waals surface area contributed by atoms with Crippen molar-refractivity contribution in [2.24, 2.45) is 0 Å². The van der Waals surface area contributed by atoms with Gasteiger partial charge in [-0.2, -0.15) is 4.39 Å². The molecule has 104 valence electrons. The normalized spacial score (nSPS) is 10.2. The maximum Gasteiger partial charge on any atom is 0.320 e. The molecule has 2 N–H and O–H groups in total. The van der Waals surface area contributed by atoms with E-state index in [9.17, 15) is 9.18 Å². The maximum absolute atomic E-state index is 12.8. The average Bonchev–Trinajstić information content (AvgIpc) is 2.42. The number of urea groups is 1. The third kappa shape index (κ3) is 3.51. The lowest BCUT2D eigenvalue weighted by Gasteiger charge is -2.09. The predicted octanol–water partition coefficient (Wildman–Crippen LogP) is 3.19. The van der Waals surface area contributed by atoms with Gasteiger partial charge in [-0.25, -0.2) is 14.8 Å². The summed E-state index contributed by atoms with van der Waals surface area (Å²) >= 11 is 3.37. The second-order valence-electron chi connectivity index (χ2n) is 3.90. The summed E-state index contributed by atoms with van der Waals surface area (Å²) in [6.45, 7) is 2.35. The van der Waals surface area contributed by atoms with Crippen LogP contribution >= 0.6 is 15.9 Å². The van der Waals surface area contributed by atoms with Crippen molar-refractivity contribution < 1.29 is 9.18 Å². The number of pyridine rings is 2. The Labute approximate surface area is 123 Å². The third-order valence-electron chi connectivity index (χ3n) is 2.47. The number of nitrogens with one attached hydrogen (secondary N) is 2. The summed E-state index contributed by atoms with van der Waals surface area (Å²) in [5.41, 5.74) is 1.49. The Hall–Kier alpha value is -2.02. The molecule has 0 saturated carbocycles. The Morgan fingerprint density at radius 3 is 2.80 bits per heavy atom. The van der Waals surface area contributed by atoms with Gasteiger partial charge in [0.15, 0.2) is 0 Å². The van der Waals surface area contributed by atoms with Crippen LogP contribution in [0.3, 0.4) is 0 Å². The lowest BCUT2D eigenvalue weighted by atomic mass is 10.1. The summed E-state index contributed by atoms with van der Waals surface area (Å²) in [5, 5.41) is 5.23. The molecule has 2 aromatic rings. The van der Waals surface area contributed by atoms with Crippen LogP contribution in [-0.4, -0.2) is 22.5 Å². The van der Waals surface area contributed by atoms with E-state index in [0.29, 0.717) is 12.4 Å². The summed E-state index contributed by atoms with van der Waals surface area (Å²) in [6.07, 6.45) is 2.99. The number of nitrogens with zero attached hydrogens (tertiary/aromatic N) is 2. The molecule has 20 heavy (non-hydrogen) atoms. The van der Waals surface area contributed by atoms with Crippen LogP contribution < -0.4 is 10.6 Å². The van der Waals surface area contributed by atoms with Crippen molar-refractivity contribution in [3.05, 3.63) is 41.0 Å². The van der Waals surface area contributed by atoms with Crippen molar-refractivity contribution in [1.82, 2.24) is 15.3 Å². The number of rotatable bonds is 3. The molecule has 0 unspecified atom stereocenters. The standard InChI is InChI=1S/C13H12BrFN4O/c1-2-16-13(20)19-12-5-9(10(14)7-18-12)8-3-4-11(15)17-6-8/h3-7H,2H2,1H3,(H2,16,18,19,20). The van der Waals surface area contributed by atoms with Crippen molar-refractivity contribution in [3.63, 3.8) is 0 Å². The van der Waals surface area contributed by atoms with Crippen LogP contribution in [0.15, 0.2) is 35.1 Å². The largest absolute Gasteiger partial charge is 0.338 e. The van der Waals surface area contributed by atoms with Crippen LogP contribution in [0.5, 0.6) is 0 Å². The van der Waals surface area contributed by atoms with E-state index in [-0.39, 0.29) is 6.03 Å². The van der Waals surface area contributed by atoms with Crippen molar-refractivity contribution in [3.8, 4) is 11.1 Å². The van der Waals surface area contributed by atoms with Gasteiger partial charge in [-0.3, -0.25) is 5.32 Å². The number of anilines is 1. The van der Waals surface area contributed by atoms with Gasteiger partial charge in [0, 0.05) is 34.5 Å². The van der Waals surface area contributed by atoms with Gasteiger partial charge in [-0.15, -0.1) is 0 Å². The zero-order valence-electron chi connectivity index (χ0n) is 10.7. The fraction of sp³-hybridized carbons (Fsp3) is 0.154. The number of amides is 2. The molecule has 0 spiro atoms. The minimum absolute atomic E-state index is 0.328. The minimum atomic E-state index is -0.542. The average molecular weight is 339 g/mol. The third-order valence-corrected chi connectivity index (χ3v) is 3.10. The summed E-state index contributed by atoms with van der Waals surface area (Å²) in [4.78, 5) is 19.2. The van der Waals surface area contributed by atoms with Crippen molar-refractivity contribution in [2.75, 3.05) is 11.9 Å². The highest BCUT2D eigenvalue weighted by molar-refractivity contribution is 9.10. The van der Waals surface area contributed by atoms with E-state index in [1.54, 1.807) is 18.3 Å². The molecule has 0 atom stereocenters. The van der Waals surface area contributed by atoms with Crippen molar-refractivity contribution in [2.45, 2.75) is 6.92 Å². The van der Waals surface area contributed by atoms with Gasteiger partial charge in [0.25, 0.3) is 0 Å². The van der Waals surface area contributed by atoms with Gasteiger partial charge >= 0.3 is 6.03 Å². The first-order chi connectivity index (χ1) is 9.60. The van der Waals surface area contributed by atoms with Crippen molar-refractivity contribution in [1.29, 1.82) is 0 Å². The highest BCUT2D eigenvalue weighted by atomic mass is 79.9. The topological polar surface area (TPSA) is 66.9 Å². The van der Waals surface area contributed by atoms with Gasteiger partial charge in [-0.05, 0) is 41.1 Å². The molecular formula is C13H12BrFN4O. The Bertz CT molecular complexity index is 618. The van der Waals surface area contributed by atoms with Crippen LogP contribution in [0, 0.1) is 5.95 Å². The van der Waals surface area contributed by atoms with E-state index in [2.05, 4.69) is 36.5 Å². The first kappa shape index (κ1) is 14.4. The van der Waals surface area contributed by atoms with Crippen LogP contribution in [0.4, 0.5) is 15.0 Å². The summed E-state index contributed by atoms with van der Waals surface area (Å²) in [5.74, 6) is -0.141. The molecule has 0 aliphatic rings. The second kappa shape index (κ2) is 6.42. The molecule has 5 nitrogen and oxygen atoms in total. The van der Waals surface area contributed by atoms with Crippen LogP contribution in [-0.2, 0) is 0 Å². The number of carbonyl (C=O) groups excluding carboxylic acids is 1. The molecular weight excluding hydrogens is 327 g/mol. The van der Waals surface area contributed by atoms with Gasteiger partial charge in [-0.1, -0.05) is 0 Å².